The van der Waals surface area contributed by atoms with Crippen LogP contribution in [0.2, 0.25) is 0 Å². The Morgan fingerprint density at radius 2 is 1.71 bits per heavy atom. The molecule has 102 valence electrons. The molecule has 0 spiro atoms. The van der Waals surface area contributed by atoms with Crippen molar-refractivity contribution in [2.45, 2.75) is 84.7 Å². The minimum atomic E-state index is -0.777. The van der Waals surface area contributed by atoms with Crippen LogP contribution in [0.25, 0.3) is 0 Å². The Morgan fingerprint density at radius 3 is 2.12 bits per heavy atom. The molecule has 0 aromatic rings. The van der Waals surface area contributed by atoms with Crippen molar-refractivity contribution in [2.75, 3.05) is 0 Å². The lowest BCUT2D eigenvalue weighted by Gasteiger charge is -2.32. The molecule has 3 nitrogen and oxygen atoms in total. The fraction of sp³-hybridized carbons (Fsp3) is 0.929. The number of amides is 1. The lowest BCUT2D eigenvalue weighted by Crippen LogP contribution is -2.43. The van der Waals surface area contributed by atoms with Gasteiger partial charge in [0.25, 0.3) is 0 Å². The molecule has 0 saturated carbocycles. The minimum Gasteiger partial charge on any atom is -0.465 e. The van der Waals surface area contributed by atoms with E-state index in [-0.39, 0.29) is 12.1 Å². The molecule has 0 bridgehead atoms. The van der Waals surface area contributed by atoms with E-state index in [2.05, 4.69) is 13.8 Å². The predicted octanol–water partition coefficient (Wildman–Crippen LogP) is 4.51. The average molecular weight is 243 g/mol. The summed E-state index contributed by atoms with van der Waals surface area (Å²) in [5.74, 6) is 0. The maximum Gasteiger partial charge on any atom is 0.407 e. The molecule has 0 saturated heterocycles. The van der Waals surface area contributed by atoms with Gasteiger partial charge in [-0.15, -0.1) is 0 Å². The first kappa shape index (κ1) is 16.3. The van der Waals surface area contributed by atoms with Crippen LogP contribution in [0.15, 0.2) is 0 Å². The van der Waals surface area contributed by atoms with Crippen molar-refractivity contribution in [2.24, 2.45) is 0 Å². The van der Waals surface area contributed by atoms with Gasteiger partial charge in [-0.05, 0) is 26.7 Å². The second-order valence-corrected chi connectivity index (χ2v) is 5.05. The average Bonchev–Trinajstić information content (AvgIpc) is 2.25. The zero-order valence-electron chi connectivity index (χ0n) is 11.9. The van der Waals surface area contributed by atoms with Gasteiger partial charge in [-0.3, -0.25) is 0 Å². The molecular formula is C14H29NO2. The molecule has 1 amide bonds. The molecule has 3 heteroatoms. The van der Waals surface area contributed by atoms with Crippen LogP contribution >= 0.6 is 0 Å². The van der Waals surface area contributed by atoms with Crippen LogP contribution in [0.3, 0.4) is 0 Å². The highest BCUT2D eigenvalue weighted by Crippen LogP contribution is 2.17. The molecule has 0 aliphatic heterocycles. The molecular weight excluding hydrogens is 214 g/mol. The topological polar surface area (TPSA) is 40.5 Å². The Kier molecular flexibility index (Phi) is 8.92. The molecule has 1 unspecified atom stereocenters. The highest BCUT2D eigenvalue weighted by atomic mass is 16.4. The first-order valence-corrected chi connectivity index (χ1v) is 7.05. The fourth-order valence-electron chi connectivity index (χ4n) is 2.32. The van der Waals surface area contributed by atoms with Crippen molar-refractivity contribution in [3.8, 4) is 0 Å². The lowest BCUT2D eigenvalue weighted by atomic mass is 10.0. The normalized spacial score (nSPS) is 12.8. The molecule has 0 aliphatic rings. The highest BCUT2D eigenvalue weighted by molar-refractivity contribution is 5.65. The van der Waals surface area contributed by atoms with E-state index in [1.165, 1.54) is 25.7 Å². The maximum atomic E-state index is 11.2. The van der Waals surface area contributed by atoms with Crippen molar-refractivity contribution in [1.29, 1.82) is 0 Å². The van der Waals surface area contributed by atoms with E-state index < -0.39 is 6.09 Å². The first-order valence-electron chi connectivity index (χ1n) is 7.05. The van der Waals surface area contributed by atoms with E-state index in [9.17, 15) is 9.90 Å². The second kappa shape index (κ2) is 9.32. The highest BCUT2D eigenvalue weighted by Gasteiger charge is 2.23. The summed E-state index contributed by atoms with van der Waals surface area (Å²) in [5.41, 5.74) is 0. The van der Waals surface area contributed by atoms with Gasteiger partial charge in [0.1, 0.15) is 0 Å². The number of carbonyl (C=O) groups is 1. The van der Waals surface area contributed by atoms with Gasteiger partial charge in [0.05, 0.1) is 0 Å². The van der Waals surface area contributed by atoms with Crippen LogP contribution in [-0.2, 0) is 0 Å². The van der Waals surface area contributed by atoms with Crippen LogP contribution in [-0.4, -0.2) is 28.2 Å². The summed E-state index contributed by atoms with van der Waals surface area (Å²) in [6.07, 6.45) is 7.35. The third-order valence-electron chi connectivity index (χ3n) is 3.28. The molecule has 17 heavy (non-hydrogen) atoms. The Labute approximate surface area is 106 Å². The van der Waals surface area contributed by atoms with Gasteiger partial charge in [-0.1, -0.05) is 46.0 Å². The molecule has 0 heterocycles. The maximum absolute atomic E-state index is 11.2. The number of rotatable bonds is 9. The zero-order chi connectivity index (χ0) is 13.3. The van der Waals surface area contributed by atoms with Crippen LogP contribution < -0.4 is 0 Å². The Hall–Kier alpha value is -0.730. The number of unbranched alkanes of at least 4 members (excludes halogenated alkanes) is 4. The van der Waals surface area contributed by atoms with E-state index in [4.69, 9.17) is 0 Å². The fourth-order valence-corrected chi connectivity index (χ4v) is 2.32. The summed E-state index contributed by atoms with van der Waals surface area (Å²) < 4.78 is 0. The molecule has 0 radical (unpaired) electrons. The number of hydrogen-bond acceptors (Lipinski definition) is 1. The van der Waals surface area contributed by atoms with Gasteiger partial charge in [-0.25, -0.2) is 4.79 Å². The van der Waals surface area contributed by atoms with E-state index in [1.807, 2.05) is 13.8 Å². The second-order valence-electron chi connectivity index (χ2n) is 5.05. The van der Waals surface area contributed by atoms with E-state index in [0.717, 1.165) is 19.3 Å². The Bertz CT molecular complexity index is 204. The van der Waals surface area contributed by atoms with Crippen LogP contribution in [0.1, 0.15) is 72.6 Å². The molecule has 0 fully saturated rings. The van der Waals surface area contributed by atoms with E-state index in [0.29, 0.717) is 0 Å². The third kappa shape index (κ3) is 6.54. The largest absolute Gasteiger partial charge is 0.465 e. The number of nitrogens with zero attached hydrogens (tertiary/aromatic N) is 1. The molecule has 0 aromatic carbocycles. The monoisotopic (exact) mass is 243 g/mol. The zero-order valence-corrected chi connectivity index (χ0v) is 11.9. The first-order chi connectivity index (χ1) is 8.04. The van der Waals surface area contributed by atoms with Crippen LogP contribution in [0.5, 0.6) is 0 Å². The SMILES string of the molecule is CCCCCCCC(CC)N(C(=O)O)C(C)C. The van der Waals surface area contributed by atoms with Gasteiger partial charge in [0.2, 0.25) is 0 Å². The van der Waals surface area contributed by atoms with Crippen LogP contribution in [0.4, 0.5) is 4.79 Å². The van der Waals surface area contributed by atoms with E-state index in [1.54, 1.807) is 4.90 Å². The number of hydrogen-bond donors (Lipinski definition) is 1. The molecule has 0 aliphatic carbocycles. The standard InChI is InChI=1S/C14H29NO2/c1-5-7-8-9-10-11-13(6-2)15(12(3)4)14(16)17/h12-13H,5-11H2,1-4H3,(H,16,17). The molecule has 1 atom stereocenters. The van der Waals surface area contributed by atoms with Crippen molar-refractivity contribution in [3.05, 3.63) is 0 Å². The molecule has 0 aromatic heterocycles. The van der Waals surface area contributed by atoms with Crippen molar-refractivity contribution in [1.82, 2.24) is 4.90 Å². The van der Waals surface area contributed by atoms with Crippen molar-refractivity contribution < 1.29 is 9.90 Å². The Morgan fingerprint density at radius 1 is 1.12 bits per heavy atom. The number of carboxylic acid groups (broad SMARTS) is 1. The van der Waals surface area contributed by atoms with Crippen molar-refractivity contribution in [3.63, 3.8) is 0 Å². The lowest BCUT2D eigenvalue weighted by molar-refractivity contribution is 0.101. The van der Waals surface area contributed by atoms with Gasteiger partial charge in [0, 0.05) is 12.1 Å². The quantitative estimate of drug-likeness (QED) is 0.605. The van der Waals surface area contributed by atoms with Gasteiger partial charge >= 0.3 is 6.09 Å². The summed E-state index contributed by atoms with van der Waals surface area (Å²) in [6, 6.07) is 0.266. The minimum absolute atomic E-state index is 0.0769. The Balaban J connectivity index is 4.07. The summed E-state index contributed by atoms with van der Waals surface area (Å²) in [7, 11) is 0. The molecule has 1 N–H and O–H groups in total. The van der Waals surface area contributed by atoms with Crippen molar-refractivity contribution >= 4 is 6.09 Å². The van der Waals surface area contributed by atoms with E-state index >= 15 is 0 Å². The third-order valence-corrected chi connectivity index (χ3v) is 3.28. The summed E-state index contributed by atoms with van der Waals surface area (Å²) in [5, 5.41) is 9.21. The molecule has 0 rings (SSSR count). The summed E-state index contributed by atoms with van der Waals surface area (Å²) in [4.78, 5) is 12.8. The van der Waals surface area contributed by atoms with Crippen LogP contribution in [0, 0.1) is 0 Å². The van der Waals surface area contributed by atoms with Gasteiger partial charge in [0.15, 0.2) is 0 Å². The smallest absolute Gasteiger partial charge is 0.407 e. The summed E-state index contributed by atoms with van der Waals surface area (Å²) in [6.45, 7) is 8.19. The summed E-state index contributed by atoms with van der Waals surface area (Å²) >= 11 is 0. The van der Waals surface area contributed by atoms with Gasteiger partial charge in [-0.2, -0.15) is 0 Å². The predicted molar refractivity (Wildman–Crippen MR) is 72.5 cm³/mol. The van der Waals surface area contributed by atoms with Gasteiger partial charge < -0.3 is 10.0 Å².